The van der Waals surface area contributed by atoms with Gasteiger partial charge in [0.25, 0.3) is 0 Å². The normalized spacial score (nSPS) is 10.4. The topological polar surface area (TPSA) is 44.1 Å². The lowest BCUT2D eigenvalue weighted by molar-refractivity contribution is -0.126. The van der Waals surface area contributed by atoms with Crippen molar-refractivity contribution < 1.29 is 4.79 Å². The van der Waals surface area contributed by atoms with Crippen molar-refractivity contribution in [2.24, 2.45) is 0 Å². The van der Waals surface area contributed by atoms with Crippen LogP contribution in [0.2, 0.25) is 4.34 Å². The van der Waals surface area contributed by atoms with Crippen LogP contribution in [0.4, 0.5) is 0 Å². The van der Waals surface area contributed by atoms with Crippen molar-refractivity contribution >= 4 is 34.9 Å². The molecule has 5 heteroatoms. The van der Waals surface area contributed by atoms with Crippen molar-refractivity contribution in [2.75, 3.05) is 6.54 Å². The Morgan fingerprint density at radius 2 is 2.04 bits per heavy atom. The van der Waals surface area contributed by atoms with Crippen LogP contribution in [0.25, 0.3) is 6.08 Å². The van der Waals surface area contributed by atoms with Crippen molar-refractivity contribution in [3.05, 3.63) is 75.5 Å². The number of halogens is 1. The number of hydrogen-bond acceptors (Lipinski definition) is 3. The summed E-state index contributed by atoms with van der Waals surface area (Å²) in [6.07, 6.45) is 4.96. The van der Waals surface area contributed by atoms with Gasteiger partial charge in [0.1, 0.15) is 0 Å². The molecule has 0 aliphatic carbocycles. The third-order valence-corrected chi connectivity index (χ3v) is 4.31. The molecule has 0 N–H and O–H groups in total. The fourth-order valence-corrected chi connectivity index (χ4v) is 3.06. The molecule has 1 heterocycles. The zero-order valence-corrected chi connectivity index (χ0v) is 14.0. The summed E-state index contributed by atoms with van der Waals surface area (Å²) < 4.78 is 0.708. The number of rotatable bonds is 6. The number of nitriles is 1. The van der Waals surface area contributed by atoms with E-state index in [0.29, 0.717) is 23.0 Å². The molecule has 0 bridgehead atoms. The fourth-order valence-electron chi connectivity index (χ4n) is 1.95. The average Bonchev–Trinajstić information content (AvgIpc) is 2.97. The predicted octanol–water partition coefficient (Wildman–Crippen LogP) is 4.50. The Balaban J connectivity index is 2.06. The van der Waals surface area contributed by atoms with Gasteiger partial charge in [-0.05, 0) is 35.9 Å². The molecule has 3 nitrogen and oxygen atoms in total. The van der Waals surface area contributed by atoms with Gasteiger partial charge in [0.15, 0.2) is 0 Å². The summed E-state index contributed by atoms with van der Waals surface area (Å²) in [5.41, 5.74) is 1.46. The Morgan fingerprint density at radius 1 is 1.30 bits per heavy atom. The number of hydrogen-bond donors (Lipinski definition) is 0. The molecule has 0 spiro atoms. The summed E-state index contributed by atoms with van der Waals surface area (Å²) in [7, 11) is 0. The first-order chi connectivity index (χ1) is 11.1. The molecule has 0 saturated heterocycles. The number of nitrogens with zero attached hydrogens (tertiary/aromatic N) is 2. The van der Waals surface area contributed by atoms with Crippen LogP contribution in [-0.2, 0) is 11.3 Å². The van der Waals surface area contributed by atoms with Gasteiger partial charge in [-0.25, -0.2) is 0 Å². The van der Waals surface area contributed by atoms with Crippen LogP contribution >= 0.6 is 22.9 Å². The minimum absolute atomic E-state index is 0.0983. The standard InChI is InChI=1S/C18H15ClN2OS/c1-2-11-21(13-16-8-9-17(19)23-16)18(22)10-7-14-3-5-15(12-20)6-4-14/h2-10H,1,11,13H2. The van der Waals surface area contributed by atoms with Crippen molar-refractivity contribution in [1.82, 2.24) is 4.90 Å². The second-order valence-electron chi connectivity index (χ2n) is 4.78. The third-order valence-electron chi connectivity index (χ3n) is 3.09. The van der Waals surface area contributed by atoms with Gasteiger partial charge in [0, 0.05) is 17.5 Å². The molecular weight excluding hydrogens is 328 g/mol. The molecule has 1 amide bonds. The van der Waals surface area contributed by atoms with E-state index in [-0.39, 0.29) is 5.91 Å². The first-order valence-corrected chi connectivity index (χ1v) is 8.14. The number of benzene rings is 1. The minimum Gasteiger partial charge on any atom is -0.330 e. The van der Waals surface area contributed by atoms with Crippen LogP contribution in [0.15, 0.2) is 55.1 Å². The highest BCUT2D eigenvalue weighted by molar-refractivity contribution is 7.16. The maximum absolute atomic E-state index is 12.4. The number of carbonyl (C=O) groups excluding carboxylic acids is 1. The van der Waals surface area contributed by atoms with Crippen LogP contribution < -0.4 is 0 Å². The summed E-state index contributed by atoms with van der Waals surface area (Å²) in [5.74, 6) is -0.0983. The molecule has 23 heavy (non-hydrogen) atoms. The second-order valence-corrected chi connectivity index (χ2v) is 6.58. The highest BCUT2D eigenvalue weighted by atomic mass is 35.5. The van der Waals surface area contributed by atoms with E-state index < -0.39 is 0 Å². The molecule has 0 unspecified atom stereocenters. The predicted molar refractivity (Wildman–Crippen MR) is 95.1 cm³/mol. The Bertz CT molecular complexity index is 756. The number of carbonyl (C=O) groups is 1. The van der Waals surface area contributed by atoms with Gasteiger partial charge in [-0.15, -0.1) is 17.9 Å². The first-order valence-electron chi connectivity index (χ1n) is 6.94. The number of thiophene rings is 1. The second kappa shape index (κ2) is 8.33. The molecule has 0 fully saturated rings. The molecule has 0 atom stereocenters. The van der Waals surface area contributed by atoms with E-state index >= 15 is 0 Å². The molecule has 0 radical (unpaired) electrons. The molecule has 2 aromatic rings. The Labute approximate surface area is 144 Å². The lowest BCUT2D eigenvalue weighted by atomic mass is 10.1. The maximum atomic E-state index is 12.4. The molecule has 1 aromatic heterocycles. The van der Waals surface area contributed by atoms with Gasteiger partial charge in [0.2, 0.25) is 5.91 Å². The van der Waals surface area contributed by atoms with Crippen molar-refractivity contribution in [1.29, 1.82) is 5.26 Å². The fraction of sp³-hybridized carbons (Fsp3) is 0.111. The van der Waals surface area contributed by atoms with Gasteiger partial charge in [-0.2, -0.15) is 5.26 Å². The van der Waals surface area contributed by atoms with Crippen molar-refractivity contribution in [2.45, 2.75) is 6.54 Å². The molecular formula is C18H15ClN2OS. The van der Waals surface area contributed by atoms with Crippen molar-refractivity contribution in [3.63, 3.8) is 0 Å². The third kappa shape index (κ3) is 5.10. The SMILES string of the molecule is C=CCN(Cc1ccc(Cl)s1)C(=O)C=Cc1ccc(C#N)cc1. The van der Waals surface area contributed by atoms with Gasteiger partial charge < -0.3 is 4.90 Å². The quantitative estimate of drug-likeness (QED) is 0.573. The van der Waals surface area contributed by atoms with Crippen molar-refractivity contribution in [3.8, 4) is 6.07 Å². The van der Waals surface area contributed by atoms with E-state index in [1.165, 1.54) is 17.4 Å². The van der Waals surface area contributed by atoms with Gasteiger partial charge >= 0.3 is 0 Å². The summed E-state index contributed by atoms with van der Waals surface area (Å²) >= 11 is 7.38. The summed E-state index contributed by atoms with van der Waals surface area (Å²) in [6, 6.07) is 12.9. The van der Waals surface area contributed by atoms with E-state index in [0.717, 1.165) is 10.4 Å². The zero-order chi connectivity index (χ0) is 16.7. The summed E-state index contributed by atoms with van der Waals surface area (Å²) in [5, 5.41) is 8.77. The van der Waals surface area contributed by atoms with E-state index in [1.807, 2.05) is 12.1 Å². The highest BCUT2D eigenvalue weighted by Crippen LogP contribution is 2.22. The lowest BCUT2D eigenvalue weighted by Crippen LogP contribution is -2.28. The molecule has 0 saturated carbocycles. The van der Waals surface area contributed by atoms with Gasteiger partial charge in [-0.3, -0.25) is 4.79 Å². The van der Waals surface area contributed by atoms with E-state index in [2.05, 4.69) is 12.6 Å². The molecule has 1 aromatic carbocycles. The Morgan fingerprint density at radius 3 is 2.61 bits per heavy atom. The molecule has 116 valence electrons. The van der Waals surface area contributed by atoms with E-state index in [1.54, 1.807) is 41.3 Å². The smallest absolute Gasteiger partial charge is 0.247 e. The highest BCUT2D eigenvalue weighted by Gasteiger charge is 2.11. The van der Waals surface area contributed by atoms with Crippen LogP contribution in [0.3, 0.4) is 0 Å². The Kier molecular flexibility index (Phi) is 6.16. The van der Waals surface area contributed by atoms with Crippen LogP contribution in [0.5, 0.6) is 0 Å². The largest absolute Gasteiger partial charge is 0.330 e. The van der Waals surface area contributed by atoms with Gasteiger partial charge in [-0.1, -0.05) is 29.8 Å². The summed E-state index contributed by atoms with van der Waals surface area (Å²) in [6.45, 7) is 4.66. The Hall–Kier alpha value is -2.35. The maximum Gasteiger partial charge on any atom is 0.247 e. The minimum atomic E-state index is -0.0983. The average molecular weight is 343 g/mol. The summed E-state index contributed by atoms with van der Waals surface area (Å²) in [4.78, 5) is 15.1. The molecule has 0 aliphatic heterocycles. The van der Waals surface area contributed by atoms with Crippen LogP contribution in [0, 0.1) is 11.3 Å². The zero-order valence-electron chi connectivity index (χ0n) is 12.4. The lowest BCUT2D eigenvalue weighted by Gasteiger charge is -2.18. The first kappa shape index (κ1) is 17.0. The van der Waals surface area contributed by atoms with Crippen LogP contribution in [0.1, 0.15) is 16.0 Å². The van der Waals surface area contributed by atoms with Gasteiger partial charge in [0.05, 0.1) is 22.5 Å². The molecule has 2 rings (SSSR count). The number of amides is 1. The molecule has 0 aliphatic rings. The van der Waals surface area contributed by atoms with Crippen LogP contribution in [-0.4, -0.2) is 17.4 Å². The van der Waals surface area contributed by atoms with E-state index in [4.69, 9.17) is 16.9 Å². The van der Waals surface area contributed by atoms with E-state index in [9.17, 15) is 4.79 Å². The monoisotopic (exact) mass is 342 g/mol.